The van der Waals surface area contributed by atoms with Gasteiger partial charge in [-0.1, -0.05) is 17.4 Å². The van der Waals surface area contributed by atoms with Gasteiger partial charge in [0.2, 0.25) is 0 Å². The molecule has 0 saturated carbocycles. The van der Waals surface area contributed by atoms with Gasteiger partial charge in [0.1, 0.15) is 17.9 Å². The highest BCUT2D eigenvalue weighted by Crippen LogP contribution is 2.30. The van der Waals surface area contributed by atoms with Crippen molar-refractivity contribution in [3.63, 3.8) is 0 Å². The number of amides is 1. The number of fused-ring (bicyclic) bond motifs is 1. The number of thiazole rings is 1. The van der Waals surface area contributed by atoms with E-state index in [-0.39, 0.29) is 18.3 Å². The van der Waals surface area contributed by atoms with Gasteiger partial charge in [0, 0.05) is 18.8 Å². The Morgan fingerprint density at radius 3 is 2.65 bits per heavy atom. The van der Waals surface area contributed by atoms with Crippen LogP contribution in [0.1, 0.15) is 11.4 Å². The van der Waals surface area contributed by atoms with Crippen molar-refractivity contribution < 1.29 is 9.18 Å². The van der Waals surface area contributed by atoms with Gasteiger partial charge in [0.15, 0.2) is 5.13 Å². The van der Waals surface area contributed by atoms with Crippen LogP contribution in [0.2, 0.25) is 0 Å². The average Bonchev–Trinajstić information content (AvgIpc) is 3.11. The van der Waals surface area contributed by atoms with E-state index in [1.54, 1.807) is 15.6 Å². The summed E-state index contributed by atoms with van der Waals surface area (Å²) in [5.41, 5.74) is 2.11. The summed E-state index contributed by atoms with van der Waals surface area (Å²) in [5.74, 6) is -0.485. The normalized spacial score (nSPS) is 11.5. The molecule has 1 amide bonds. The predicted molar refractivity (Wildman–Crippen MR) is 102 cm³/mol. The summed E-state index contributed by atoms with van der Waals surface area (Å²) in [6.45, 7) is 5.11. The Morgan fingerprint density at radius 1 is 1.27 bits per heavy atom. The van der Waals surface area contributed by atoms with E-state index in [9.17, 15) is 9.18 Å². The number of aromatic nitrogens is 3. The van der Waals surface area contributed by atoms with Crippen LogP contribution < -0.4 is 4.90 Å². The molecular weight excluding hydrogens is 353 g/mol. The fourth-order valence-corrected chi connectivity index (χ4v) is 3.72. The highest BCUT2D eigenvalue weighted by molar-refractivity contribution is 7.22. The lowest BCUT2D eigenvalue weighted by molar-refractivity contribution is -0.119. The van der Waals surface area contributed by atoms with E-state index in [2.05, 4.69) is 10.1 Å². The summed E-state index contributed by atoms with van der Waals surface area (Å²) >= 11 is 1.33. The summed E-state index contributed by atoms with van der Waals surface area (Å²) in [6.07, 6.45) is 0. The molecule has 0 bridgehead atoms. The monoisotopic (exact) mass is 375 g/mol. The summed E-state index contributed by atoms with van der Waals surface area (Å²) in [5, 5.41) is 4.87. The fourth-order valence-electron chi connectivity index (χ4n) is 2.69. The quantitative estimate of drug-likeness (QED) is 0.665. The number of rotatable bonds is 6. The Bertz CT molecular complexity index is 933. The minimum absolute atomic E-state index is 0.113. The lowest BCUT2D eigenvalue weighted by Gasteiger charge is -2.22. The van der Waals surface area contributed by atoms with Gasteiger partial charge in [0.25, 0.3) is 5.91 Å². The number of halogens is 1. The fraction of sp³-hybridized carbons (Fsp3) is 0.389. The molecule has 3 aromatic rings. The molecule has 0 fully saturated rings. The number of carbonyl (C=O) groups excluding carboxylic acids is 1. The van der Waals surface area contributed by atoms with Crippen molar-refractivity contribution in [1.82, 2.24) is 19.7 Å². The van der Waals surface area contributed by atoms with Crippen molar-refractivity contribution in [1.29, 1.82) is 0 Å². The zero-order valence-corrected chi connectivity index (χ0v) is 16.2. The van der Waals surface area contributed by atoms with E-state index in [1.165, 1.54) is 17.4 Å². The van der Waals surface area contributed by atoms with Gasteiger partial charge in [0.05, 0.1) is 10.4 Å². The number of anilines is 1. The van der Waals surface area contributed by atoms with E-state index in [4.69, 9.17) is 0 Å². The molecule has 0 atom stereocenters. The van der Waals surface area contributed by atoms with E-state index in [0.717, 1.165) is 16.1 Å². The average molecular weight is 375 g/mol. The number of nitrogens with zero attached hydrogens (tertiary/aromatic N) is 5. The van der Waals surface area contributed by atoms with E-state index in [0.29, 0.717) is 23.7 Å². The van der Waals surface area contributed by atoms with Crippen molar-refractivity contribution in [3.8, 4) is 0 Å². The van der Waals surface area contributed by atoms with Crippen LogP contribution in [0, 0.1) is 19.7 Å². The standard InChI is InChI=1S/C18H22FN5OS/c1-12-10-13(2)24(21-12)11-16(25)23(9-8-22(3)4)18-20-17-14(19)6-5-7-15(17)26-18/h5-7,10H,8-9,11H2,1-4H3. The first-order chi connectivity index (χ1) is 12.3. The molecule has 0 aliphatic rings. The molecular formula is C18H22FN5OS. The number of hydrogen-bond donors (Lipinski definition) is 0. The highest BCUT2D eigenvalue weighted by Gasteiger charge is 2.22. The second-order valence-electron chi connectivity index (χ2n) is 6.52. The topological polar surface area (TPSA) is 54.3 Å². The summed E-state index contributed by atoms with van der Waals surface area (Å²) in [6, 6.07) is 6.79. The van der Waals surface area contributed by atoms with Crippen LogP contribution in [0.3, 0.4) is 0 Å². The molecule has 2 heterocycles. The number of aryl methyl sites for hydroxylation is 2. The maximum atomic E-state index is 14.0. The summed E-state index contributed by atoms with van der Waals surface area (Å²) < 4.78 is 16.4. The van der Waals surface area contributed by atoms with E-state index < -0.39 is 0 Å². The second-order valence-corrected chi connectivity index (χ2v) is 7.53. The third kappa shape index (κ3) is 3.91. The maximum absolute atomic E-state index is 14.0. The number of benzene rings is 1. The van der Waals surface area contributed by atoms with Crippen LogP contribution in [0.25, 0.3) is 10.2 Å². The van der Waals surface area contributed by atoms with Gasteiger partial charge < -0.3 is 4.90 Å². The van der Waals surface area contributed by atoms with Gasteiger partial charge in [-0.05, 0) is 46.1 Å². The van der Waals surface area contributed by atoms with Crippen molar-refractivity contribution in [3.05, 3.63) is 41.5 Å². The van der Waals surface area contributed by atoms with Crippen molar-refractivity contribution in [2.24, 2.45) is 0 Å². The van der Waals surface area contributed by atoms with Crippen LogP contribution >= 0.6 is 11.3 Å². The van der Waals surface area contributed by atoms with Crippen molar-refractivity contribution in [2.45, 2.75) is 20.4 Å². The number of hydrogen-bond acceptors (Lipinski definition) is 5. The lowest BCUT2D eigenvalue weighted by atomic mass is 10.3. The highest BCUT2D eigenvalue weighted by atomic mass is 32.1. The molecule has 138 valence electrons. The molecule has 2 aromatic heterocycles. The van der Waals surface area contributed by atoms with Crippen LogP contribution in [0.4, 0.5) is 9.52 Å². The molecule has 0 aliphatic heterocycles. The zero-order chi connectivity index (χ0) is 18.8. The molecule has 26 heavy (non-hydrogen) atoms. The lowest BCUT2D eigenvalue weighted by Crippen LogP contribution is -2.39. The molecule has 8 heteroatoms. The number of likely N-dealkylation sites (N-methyl/N-ethyl adjacent to an activating group) is 1. The SMILES string of the molecule is Cc1cc(C)n(CC(=O)N(CCN(C)C)c2nc3c(F)cccc3s2)n1. The molecule has 0 aliphatic carbocycles. The smallest absolute Gasteiger partial charge is 0.250 e. The third-order valence-corrected chi connectivity index (χ3v) is 5.09. The van der Waals surface area contributed by atoms with Crippen LogP contribution in [0.5, 0.6) is 0 Å². The van der Waals surface area contributed by atoms with Gasteiger partial charge in [-0.25, -0.2) is 9.37 Å². The Labute approximate surface area is 155 Å². The van der Waals surface area contributed by atoms with Crippen molar-refractivity contribution in [2.75, 3.05) is 32.1 Å². The molecule has 0 radical (unpaired) electrons. The number of para-hydroxylation sites is 1. The molecule has 0 spiro atoms. The molecule has 0 unspecified atom stereocenters. The Kier molecular flexibility index (Phi) is 5.33. The van der Waals surface area contributed by atoms with Crippen LogP contribution in [-0.4, -0.2) is 52.8 Å². The second kappa shape index (κ2) is 7.51. The van der Waals surface area contributed by atoms with Crippen LogP contribution in [0.15, 0.2) is 24.3 Å². The Hall–Kier alpha value is -2.32. The molecule has 1 aromatic carbocycles. The largest absolute Gasteiger partial charge is 0.308 e. The zero-order valence-electron chi connectivity index (χ0n) is 15.4. The van der Waals surface area contributed by atoms with Gasteiger partial charge in [-0.3, -0.25) is 14.4 Å². The van der Waals surface area contributed by atoms with Crippen LogP contribution in [-0.2, 0) is 11.3 Å². The third-order valence-electron chi connectivity index (χ3n) is 4.05. The molecule has 3 rings (SSSR count). The Balaban J connectivity index is 1.91. The molecule has 0 N–H and O–H groups in total. The maximum Gasteiger partial charge on any atom is 0.250 e. The first-order valence-electron chi connectivity index (χ1n) is 8.36. The first kappa shape index (κ1) is 18.5. The van der Waals surface area contributed by atoms with Crippen molar-refractivity contribution >= 4 is 32.6 Å². The molecule has 6 nitrogen and oxygen atoms in total. The first-order valence-corrected chi connectivity index (χ1v) is 9.18. The minimum Gasteiger partial charge on any atom is -0.308 e. The van der Waals surface area contributed by atoms with E-state index in [1.807, 2.05) is 45.0 Å². The van der Waals surface area contributed by atoms with E-state index >= 15 is 0 Å². The number of carbonyl (C=O) groups is 1. The summed E-state index contributed by atoms with van der Waals surface area (Å²) in [7, 11) is 3.89. The van der Waals surface area contributed by atoms with Gasteiger partial charge >= 0.3 is 0 Å². The predicted octanol–water partition coefficient (Wildman–Crippen LogP) is 2.84. The Morgan fingerprint density at radius 2 is 2.04 bits per heavy atom. The molecule has 0 saturated heterocycles. The van der Waals surface area contributed by atoms with Gasteiger partial charge in [-0.2, -0.15) is 5.10 Å². The summed E-state index contributed by atoms with van der Waals surface area (Å²) in [4.78, 5) is 21.0. The van der Waals surface area contributed by atoms with Gasteiger partial charge in [-0.15, -0.1) is 0 Å². The minimum atomic E-state index is -0.372.